The van der Waals surface area contributed by atoms with Gasteiger partial charge >= 0.3 is 0 Å². The normalized spacial score (nSPS) is 14.8. The van der Waals surface area contributed by atoms with Gasteiger partial charge in [-0.2, -0.15) is 4.31 Å². The van der Waals surface area contributed by atoms with Gasteiger partial charge in [0.25, 0.3) is 0 Å². The fraction of sp³-hybridized carbons (Fsp3) is 0.200. The molecule has 5 rings (SSSR count). The molecule has 1 aliphatic rings. The van der Waals surface area contributed by atoms with Crippen LogP contribution in [0.1, 0.15) is 5.56 Å². The highest BCUT2D eigenvalue weighted by Crippen LogP contribution is 2.30. The Kier molecular flexibility index (Phi) is 6.77. The molecule has 1 aliphatic heterocycles. The van der Waals surface area contributed by atoms with Crippen molar-refractivity contribution in [2.24, 2.45) is 0 Å². The quantitative estimate of drug-likeness (QED) is 0.359. The number of rotatable bonds is 7. The molecule has 7 nitrogen and oxygen atoms in total. The molecule has 0 N–H and O–H groups in total. The Balaban J connectivity index is 1.42. The van der Waals surface area contributed by atoms with Gasteiger partial charge in [-0.05, 0) is 29.8 Å². The number of para-hydroxylation sites is 1. The lowest BCUT2D eigenvalue weighted by Crippen LogP contribution is -2.40. The minimum Gasteiger partial charge on any atom is -0.379 e. The zero-order valence-electron chi connectivity index (χ0n) is 18.4. The summed E-state index contributed by atoms with van der Waals surface area (Å²) >= 11 is 1.53. The van der Waals surface area contributed by atoms with Crippen LogP contribution in [-0.2, 0) is 20.5 Å². The average molecular weight is 493 g/mol. The van der Waals surface area contributed by atoms with E-state index < -0.39 is 10.0 Å². The molecule has 1 fully saturated rings. The molecule has 0 radical (unpaired) electrons. The fourth-order valence-electron chi connectivity index (χ4n) is 3.83. The summed E-state index contributed by atoms with van der Waals surface area (Å²) in [6.07, 6.45) is 0. The van der Waals surface area contributed by atoms with Crippen LogP contribution < -0.4 is 0 Å². The Labute approximate surface area is 203 Å². The molecule has 0 atom stereocenters. The molecule has 0 unspecified atom stereocenters. The molecule has 0 bridgehead atoms. The predicted octanol–water partition coefficient (Wildman–Crippen LogP) is 4.25. The Morgan fingerprint density at radius 2 is 1.56 bits per heavy atom. The van der Waals surface area contributed by atoms with Crippen LogP contribution in [0.25, 0.3) is 17.1 Å². The van der Waals surface area contributed by atoms with Crippen molar-refractivity contribution in [2.45, 2.75) is 15.8 Å². The Hall–Kier alpha value is -2.98. The molecule has 34 heavy (non-hydrogen) atoms. The van der Waals surface area contributed by atoms with E-state index in [9.17, 15) is 8.42 Å². The summed E-state index contributed by atoms with van der Waals surface area (Å²) in [5.41, 5.74) is 2.85. The van der Waals surface area contributed by atoms with Gasteiger partial charge in [-0.15, -0.1) is 10.2 Å². The van der Waals surface area contributed by atoms with Crippen molar-refractivity contribution in [1.29, 1.82) is 0 Å². The summed E-state index contributed by atoms with van der Waals surface area (Å²) in [7, 11) is -3.54. The van der Waals surface area contributed by atoms with Gasteiger partial charge in [0.1, 0.15) is 0 Å². The minimum absolute atomic E-state index is 0.307. The van der Waals surface area contributed by atoms with E-state index in [1.54, 1.807) is 18.2 Å². The van der Waals surface area contributed by atoms with Gasteiger partial charge in [0, 0.05) is 30.1 Å². The second-order valence-electron chi connectivity index (χ2n) is 7.80. The highest BCUT2D eigenvalue weighted by Gasteiger charge is 2.26. The van der Waals surface area contributed by atoms with Crippen LogP contribution in [0.4, 0.5) is 0 Å². The van der Waals surface area contributed by atoms with E-state index in [0.29, 0.717) is 37.0 Å². The van der Waals surface area contributed by atoms with Crippen LogP contribution in [-0.4, -0.2) is 53.8 Å². The van der Waals surface area contributed by atoms with Crippen LogP contribution in [0.2, 0.25) is 0 Å². The Morgan fingerprint density at radius 3 is 2.29 bits per heavy atom. The molecular weight excluding hydrogens is 468 g/mol. The predicted molar refractivity (Wildman–Crippen MR) is 132 cm³/mol. The third-order valence-corrected chi connectivity index (χ3v) is 8.45. The number of ether oxygens (including phenoxy) is 1. The number of benzene rings is 3. The van der Waals surface area contributed by atoms with Crippen LogP contribution in [0.15, 0.2) is 95.0 Å². The van der Waals surface area contributed by atoms with E-state index in [1.165, 1.54) is 16.1 Å². The highest BCUT2D eigenvalue weighted by molar-refractivity contribution is 7.98. The summed E-state index contributed by atoms with van der Waals surface area (Å²) in [5, 5.41) is 9.68. The van der Waals surface area contributed by atoms with Crippen molar-refractivity contribution in [3.8, 4) is 17.1 Å². The molecule has 0 aliphatic carbocycles. The first-order chi connectivity index (χ1) is 16.6. The number of nitrogens with zero attached hydrogens (tertiary/aromatic N) is 4. The maximum Gasteiger partial charge on any atom is 0.243 e. The summed E-state index contributed by atoms with van der Waals surface area (Å²) in [6.45, 7) is 1.61. The first-order valence-corrected chi connectivity index (χ1v) is 13.4. The van der Waals surface area contributed by atoms with Crippen molar-refractivity contribution in [3.63, 3.8) is 0 Å². The molecule has 1 aromatic heterocycles. The SMILES string of the molecule is O=S(=O)(c1cccc(CSc2nnc(-c3ccccc3)n2-c2ccccc2)c1)N1CCOCC1. The lowest BCUT2D eigenvalue weighted by molar-refractivity contribution is 0.0730. The summed E-state index contributed by atoms with van der Waals surface area (Å²) < 4.78 is 34.9. The summed E-state index contributed by atoms with van der Waals surface area (Å²) in [5.74, 6) is 1.32. The first-order valence-electron chi connectivity index (χ1n) is 11.0. The van der Waals surface area contributed by atoms with Crippen LogP contribution in [0.5, 0.6) is 0 Å². The lowest BCUT2D eigenvalue weighted by Gasteiger charge is -2.26. The molecule has 3 aromatic carbocycles. The zero-order valence-corrected chi connectivity index (χ0v) is 20.1. The van der Waals surface area contributed by atoms with Gasteiger partial charge in [-0.1, -0.05) is 72.4 Å². The van der Waals surface area contributed by atoms with Crippen molar-refractivity contribution >= 4 is 21.8 Å². The topological polar surface area (TPSA) is 77.3 Å². The Bertz CT molecular complexity index is 1350. The molecule has 1 saturated heterocycles. The summed E-state index contributed by atoms with van der Waals surface area (Å²) in [6, 6.07) is 27.1. The molecule has 9 heteroatoms. The number of aromatic nitrogens is 3. The number of hydrogen-bond donors (Lipinski definition) is 0. The number of morpholine rings is 1. The van der Waals surface area contributed by atoms with E-state index in [4.69, 9.17) is 4.74 Å². The van der Waals surface area contributed by atoms with Crippen molar-refractivity contribution in [2.75, 3.05) is 26.3 Å². The van der Waals surface area contributed by atoms with E-state index in [-0.39, 0.29) is 0 Å². The maximum atomic E-state index is 13.1. The van der Waals surface area contributed by atoms with Gasteiger partial charge in [0.2, 0.25) is 10.0 Å². The second-order valence-corrected chi connectivity index (χ2v) is 10.7. The van der Waals surface area contributed by atoms with Gasteiger partial charge < -0.3 is 4.74 Å². The first kappa shape index (κ1) is 22.8. The number of sulfonamides is 1. The van der Waals surface area contributed by atoms with Crippen molar-refractivity contribution < 1.29 is 13.2 Å². The monoisotopic (exact) mass is 492 g/mol. The molecule has 4 aromatic rings. The van der Waals surface area contributed by atoms with Crippen LogP contribution in [0, 0.1) is 0 Å². The van der Waals surface area contributed by atoms with Crippen LogP contribution in [0.3, 0.4) is 0 Å². The minimum atomic E-state index is -3.54. The van der Waals surface area contributed by atoms with Gasteiger partial charge in [-0.25, -0.2) is 8.42 Å². The van der Waals surface area contributed by atoms with Crippen LogP contribution >= 0.6 is 11.8 Å². The van der Waals surface area contributed by atoms with Crippen molar-refractivity contribution in [3.05, 3.63) is 90.5 Å². The lowest BCUT2D eigenvalue weighted by atomic mass is 10.2. The molecule has 0 saturated carbocycles. The molecule has 2 heterocycles. The maximum absolute atomic E-state index is 13.1. The molecular formula is C25H24N4O3S2. The van der Waals surface area contributed by atoms with E-state index in [2.05, 4.69) is 10.2 Å². The Morgan fingerprint density at radius 1 is 0.853 bits per heavy atom. The largest absolute Gasteiger partial charge is 0.379 e. The second kappa shape index (κ2) is 10.1. The van der Waals surface area contributed by atoms with Gasteiger partial charge in [0.05, 0.1) is 18.1 Å². The summed E-state index contributed by atoms with van der Waals surface area (Å²) in [4.78, 5) is 0.307. The smallest absolute Gasteiger partial charge is 0.243 e. The zero-order chi connectivity index (χ0) is 23.4. The van der Waals surface area contributed by atoms with Gasteiger partial charge in [-0.3, -0.25) is 4.57 Å². The van der Waals surface area contributed by atoms with Crippen molar-refractivity contribution in [1.82, 2.24) is 19.1 Å². The number of hydrogen-bond acceptors (Lipinski definition) is 6. The van der Waals surface area contributed by atoms with Gasteiger partial charge in [0.15, 0.2) is 11.0 Å². The van der Waals surface area contributed by atoms with E-state index in [1.807, 2.05) is 71.3 Å². The highest BCUT2D eigenvalue weighted by atomic mass is 32.2. The average Bonchev–Trinajstić information content (AvgIpc) is 3.33. The standard InChI is InChI=1S/C25H24N4O3S2/c30-34(31,28-14-16-32-17-15-28)23-13-7-8-20(18-23)19-33-25-27-26-24(21-9-3-1-4-10-21)29(25)22-11-5-2-6-12-22/h1-13,18H,14-17,19H2. The van der Waals surface area contributed by atoms with E-state index >= 15 is 0 Å². The van der Waals surface area contributed by atoms with E-state index in [0.717, 1.165) is 27.8 Å². The fourth-order valence-corrected chi connectivity index (χ4v) is 6.20. The molecule has 174 valence electrons. The molecule has 0 spiro atoms. The number of thioether (sulfide) groups is 1. The third kappa shape index (κ3) is 4.78. The third-order valence-electron chi connectivity index (χ3n) is 5.55. The molecule has 0 amide bonds.